The lowest BCUT2D eigenvalue weighted by Crippen LogP contribution is -2.72. The lowest BCUT2D eigenvalue weighted by molar-refractivity contribution is -0.142. The number of nitrogens with zero attached hydrogens (tertiary/aromatic N) is 2. The maximum absolute atomic E-state index is 14.1. The second-order valence-corrected chi connectivity index (χ2v) is 8.29. The molecule has 2 aliphatic rings. The first-order valence-corrected chi connectivity index (χ1v) is 9.65. The van der Waals surface area contributed by atoms with Crippen LogP contribution in [0.15, 0.2) is 48.5 Å². The Morgan fingerprint density at radius 2 is 1.00 bits per heavy atom. The van der Waals surface area contributed by atoms with Crippen LogP contribution in [0.2, 0.25) is 0 Å². The molecule has 4 rings (SSSR count). The summed E-state index contributed by atoms with van der Waals surface area (Å²) in [5.74, 6) is 1.94. The molecule has 2 heterocycles. The molecule has 0 aromatic heterocycles. The van der Waals surface area contributed by atoms with Crippen LogP contribution >= 0.6 is 0 Å². The standard InChI is InChI=1S/C23H28N2O3/c1-24-13-22(17-5-9-19(27-3)10-6-17)15-25(2)16-23(14-24,21(22)26)18-7-11-20(28-4)12-8-18/h5-12H,13-16H2,1-4H3. The van der Waals surface area contributed by atoms with Crippen molar-refractivity contribution in [2.75, 3.05) is 54.5 Å². The number of ether oxygens (including phenoxy) is 2. The first-order valence-electron chi connectivity index (χ1n) is 9.65. The highest BCUT2D eigenvalue weighted by atomic mass is 16.5. The number of fused-ring (bicyclic) bond motifs is 2. The summed E-state index contributed by atoms with van der Waals surface area (Å²) in [5.41, 5.74) is 1.03. The predicted molar refractivity (Wildman–Crippen MR) is 109 cm³/mol. The van der Waals surface area contributed by atoms with Crippen LogP contribution in [0.25, 0.3) is 0 Å². The molecule has 0 aliphatic carbocycles. The van der Waals surface area contributed by atoms with Gasteiger partial charge in [0, 0.05) is 26.2 Å². The first kappa shape index (κ1) is 19.0. The van der Waals surface area contributed by atoms with Crippen molar-refractivity contribution in [3.63, 3.8) is 0 Å². The van der Waals surface area contributed by atoms with Crippen molar-refractivity contribution in [3.05, 3.63) is 59.7 Å². The molecular formula is C23H28N2O3. The maximum Gasteiger partial charge on any atom is 0.159 e. The van der Waals surface area contributed by atoms with Crippen LogP contribution in [0.1, 0.15) is 11.1 Å². The molecule has 0 saturated carbocycles. The zero-order chi connectivity index (χ0) is 19.9. The van der Waals surface area contributed by atoms with Gasteiger partial charge in [-0.05, 0) is 49.5 Å². The van der Waals surface area contributed by atoms with E-state index in [4.69, 9.17) is 9.47 Å². The number of carbonyl (C=O) groups excluding carboxylic acids is 1. The fraction of sp³-hybridized carbons (Fsp3) is 0.435. The number of hydrogen-bond acceptors (Lipinski definition) is 5. The van der Waals surface area contributed by atoms with Gasteiger partial charge in [0.15, 0.2) is 5.78 Å². The van der Waals surface area contributed by atoms with Crippen molar-refractivity contribution in [3.8, 4) is 11.5 Å². The summed E-state index contributed by atoms with van der Waals surface area (Å²) in [4.78, 5) is 18.8. The number of Topliss-reactive ketones (excluding diaryl/α,β-unsaturated/α-hetero) is 1. The SMILES string of the molecule is COc1ccc(C23CN(C)CC(c4ccc(OC)cc4)(CN(C)C2)C3=O)cc1. The summed E-state index contributed by atoms with van der Waals surface area (Å²) in [6.45, 7) is 2.89. The average molecular weight is 380 g/mol. The quantitative estimate of drug-likeness (QED) is 0.815. The van der Waals surface area contributed by atoms with Gasteiger partial charge in [-0.2, -0.15) is 0 Å². The fourth-order valence-electron chi connectivity index (χ4n) is 5.25. The van der Waals surface area contributed by atoms with Crippen molar-refractivity contribution in [1.82, 2.24) is 9.80 Å². The maximum atomic E-state index is 14.1. The number of likely N-dealkylation sites (tertiary alicyclic amines) is 2. The zero-order valence-corrected chi connectivity index (χ0v) is 17.1. The topological polar surface area (TPSA) is 42.0 Å². The van der Waals surface area contributed by atoms with Gasteiger partial charge in [0.1, 0.15) is 11.5 Å². The van der Waals surface area contributed by atoms with Gasteiger partial charge in [-0.1, -0.05) is 24.3 Å². The van der Waals surface area contributed by atoms with Crippen molar-refractivity contribution in [1.29, 1.82) is 0 Å². The minimum Gasteiger partial charge on any atom is -0.497 e. The molecule has 0 amide bonds. The predicted octanol–water partition coefficient (Wildman–Crippen LogP) is 2.34. The highest BCUT2D eigenvalue weighted by molar-refractivity contribution is 6.01. The van der Waals surface area contributed by atoms with Gasteiger partial charge in [-0.15, -0.1) is 0 Å². The molecule has 0 N–H and O–H groups in total. The van der Waals surface area contributed by atoms with Crippen LogP contribution in [0, 0.1) is 0 Å². The Labute approximate surface area is 166 Å². The molecule has 2 bridgehead atoms. The van der Waals surface area contributed by atoms with Crippen LogP contribution < -0.4 is 9.47 Å². The Morgan fingerprint density at radius 3 is 1.29 bits per heavy atom. The molecular weight excluding hydrogens is 352 g/mol. The number of benzene rings is 2. The Morgan fingerprint density at radius 1 is 0.679 bits per heavy atom. The fourth-order valence-corrected chi connectivity index (χ4v) is 5.25. The van der Waals surface area contributed by atoms with Crippen LogP contribution in [-0.2, 0) is 15.6 Å². The number of piperidine rings is 2. The second-order valence-electron chi connectivity index (χ2n) is 8.29. The molecule has 28 heavy (non-hydrogen) atoms. The highest BCUT2D eigenvalue weighted by Gasteiger charge is 2.60. The number of rotatable bonds is 4. The van der Waals surface area contributed by atoms with Gasteiger partial charge in [-0.25, -0.2) is 0 Å². The summed E-state index contributed by atoms with van der Waals surface area (Å²) in [6, 6.07) is 16.0. The summed E-state index contributed by atoms with van der Waals surface area (Å²) in [6.07, 6.45) is 0. The largest absolute Gasteiger partial charge is 0.497 e. The summed E-state index contributed by atoms with van der Waals surface area (Å²) >= 11 is 0. The molecule has 148 valence electrons. The Bertz CT molecular complexity index is 777. The van der Waals surface area contributed by atoms with Gasteiger partial charge >= 0.3 is 0 Å². The Hall–Kier alpha value is -2.37. The highest BCUT2D eigenvalue weighted by Crippen LogP contribution is 2.46. The van der Waals surface area contributed by atoms with E-state index in [-0.39, 0.29) is 0 Å². The molecule has 0 atom stereocenters. The van der Waals surface area contributed by atoms with Crippen LogP contribution in [0.4, 0.5) is 0 Å². The van der Waals surface area contributed by atoms with E-state index in [0.29, 0.717) is 5.78 Å². The number of ketones is 1. The van der Waals surface area contributed by atoms with Gasteiger partial charge in [0.25, 0.3) is 0 Å². The van der Waals surface area contributed by atoms with Gasteiger partial charge in [-0.3, -0.25) is 4.79 Å². The van der Waals surface area contributed by atoms with Crippen LogP contribution in [-0.4, -0.2) is 70.1 Å². The number of methoxy groups -OCH3 is 2. The van der Waals surface area contributed by atoms with Crippen LogP contribution in [0.5, 0.6) is 11.5 Å². The zero-order valence-electron chi connectivity index (χ0n) is 17.1. The monoisotopic (exact) mass is 380 g/mol. The second kappa shape index (κ2) is 6.90. The van der Waals surface area contributed by atoms with E-state index in [9.17, 15) is 4.79 Å². The molecule has 2 aliphatic heterocycles. The first-order chi connectivity index (χ1) is 13.4. The summed E-state index contributed by atoms with van der Waals surface area (Å²) < 4.78 is 10.6. The third-order valence-corrected chi connectivity index (χ3v) is 6.31. The van der Waals surface area contributed by atoms with Gasteiger partial charge in [0.2, 0.25) is 0 Å². The van der Waals surface area contributed by atoms with E-state index in [1.807, 2.05) is 48.5 Å². The Balaban J connectivity index is 1.84. The van der Waals surface area contributed by atoms with Crippen molar-refractivity contribution in [2.24, 2.45) is 0 Å². The van der Waals surface area contributed by atoms with Crippen molar-refractivity contribution in [2.45, 2.75) is 10.8 Å². The third kappa shape index (κ3) is 2.81. The average Bonchev–Trinajstić information content (AvgIpc) is 2.70. The third-order valence-electron chi connectivity index (χ3n) is 6.31. The Kier molecular flexibility index (Phi) is 4.68. The molecule has 5 heteroatoms. The number of carbonyl (C=O) groups is 1. The van der Waals surface area contributed by atoms with E-state index >= 15 is 0 Å². The lowest BCUT2D eigenvalue weighted by atomic mass is 9.58. The summed E-state index contributed by atoms with van der Waals surface area (Å²) in [5, 5.41) is 0. The van der Waals surface area contributed by atoms with Crippen molar-refractivity contribution < 1.29 is 14.3 Å². The summed E-state index contributed by atoms with van der Waals surface area (Å²) in [7, 11) is 7.56. The molecule has 2 aromatic carbocycles. The molecule has 5 nitrogen and oxygen atoms in total. The molecule has 2 fully saturated rings. The van der Waals surface area contributed by atoms with Gasteiger partial charge < -0.3 is 19.3 Å². The van der Waals surface area contributed by atoms with E-state index in [1.54, 1.807) is 14.2 Å². The minimum absolute atomic E-state index is 0.325. The lowest BCUT2D eigenvalue weighted by Gasteiger charge is -2.56. The molecule has 2 saturated heterocycles. The normalized spacial score (nSPS) is 28.2. The molecule has 0 unspecified atom stereocenters. The number of hydrogen-bond donors (Lipinski definition) is 0. The smallest absolute Gasteiger partial charge is 0.159 e. The van der Waals surface area contributed by atoms with Gasteiger partial charge in [0.05, 0.1) is 25.0 Å². The van der Waals surface area contributed by atoms with Crippen molar-refractivity contribution >= 4 is 5.78 Å². The van der Waals surface area contributed by atoms with E-state index in [2.05, 4.69) is 23.9 Å². The van der Waals surface area contributed by atoms with Crippen LogP contribution in [0.3, 0.4) is 0 Å². The van der Waals surface area contributed by atoms with E-state index in [1.165, 1.54) is 0 Å². The molecule has 2 aromatic rings. The number of likely N-dealkylation sites (N-methyl/N-ethyl adjacent to an activating group) is 2. The van der Waals surface area contributed by atoms with E-state index < -0.39 is 10.8 Å². The van der Waals surface area contributed by atoms with E-state index in [0.717, 1.165) is 48.8 Å². The molecule has 0 spiro atoms. The minimum atomic E-state index is -0.549. The molecule has 0 radical (unpaired) electrons.